The van der Waals surface area contributed by atoms with Crippen LogP contribution in [0.15, 0.2) is 18.2 Å². The second-order valence-electron chi connectivity index (χ2n) is 3.01. The SMILES string of the molecule is CN(C)Cc1cc(O)ccc1F. The molecule has 0 fully saturated rings. The first-order valence-corrected chi connectivity index (χ1v) is 3.71. The van der Waals surface area contributed by atoms with E-state index in [1.54, 1.807) is 0 Å². The molecule has 3 heteroatoms. The highest BCUT2D eigenvalue weighted by Crippen LogP contribution is 2.15. The lowest BCUT2D eigenvalue weighted by Crippen LogP contribution is -2.11. The first kappa shape index (κ1) is 9.00. The molecule has 66 valence electrons. The fraction of sp³-hybridized carbons (Fsp3) is 0.333. The van der Waals surface area contributed by atoms with Gasteiger partial charge in [0.15, 0.2) is 0 Å². The molecule has 0 atom stereocenters. The molecule has 0 bridgehead atoms. The average Bonchev–Trinajstić information content (AvgIpc) is 1.96. The molecule has 1 aromatic carbocycles. The van der Waals surface area contributed by atoms with Crippen molar-refractivity contribution in [2.24, 2.45) is 0 Å². The lowest BCUT2D eigenvalue weighted by Gasteiger charge is -2.10. The van der Waals surface area contributed by atoms with E-state index in [9.17, 15) is 4.39 Å². The van der Waals surface area contributed by atoms with Gasteiger partial charge in [-0.3, -0.25) is 0 Å². The third-order valence-electron chi connectivity index (χ3n) is 1.52. The van der Waals surface area contributed by atoms with Crippen LogP contribution in [0.5, 0.6) is 5.75 Å². The second-order valence-corrected chi connectivity index (χ2v) is 3.01. The number of phenolic OH excluding ortho intramolecular Hbond substituents is 1. The van der Waals surface area contributed by atoms with Crippen molar-refractivity contribution in [3.05, 3.63) is 29.6 Å². The van der Waals surface area contributed by atoms with Gasteiger partial charge in [-0.2, -0.15) is 0 Å². The van der Waals surface area contributed by atoms with Crippen molar-refractivity contribution in [3.63, 3.8) is 0 Å². The Kier molecular flexibility index (Phi) is 2.65. The van der Waals surface area contributed by atoms with Crippen LogP contribution in [0.25, 0.3) is 0 Å². The number of benzene rings is 1. The summed E-state index contributed by atoms with van der Waals surface area (Å²) in [6, 6.07) is 4.05. The molecule has 1 rings (SSSR count). The highest BCUT2D eigenvalue weighted by Gasteiger charge is 2.03. The lowest BCUT2D eigenvalue weighted by molar-refractivity contribution is 0.390. The minimum atomic E-state index is -0.276. The number of hydrogen-bond donors (Lipinski definition) is 1. The third-order valence-corrected chi connectivity index (χ3v) is 1.52. The third kappa shape index (κ3) is 2.20. The van der Waals surface area contributed by atoms with E-state index < -0.39 is 0 Å². The summed E-state index contributed by atoms with van der Waals surface area (Å²) in [6.45, 7) is 0.500. The predicted molar refractivity (Wildman–Crippen MR) is 45.5 cm³/mol. The van der Waals surface area contributed by atoms with Gasteiger partial charge in [-0.1, -0.05) is 0 Å². The van der Waals surface area contributed by atoms with Crippen molar-refractivity contribution in [2.45, 2.75) is 6.54 Å². The van der Waals surface area contributed by atoms with Crippen molar-refractivity contribution in [1.82, 2.24) is 4.90 Å². The van der Waals surface area contributed by atoms with Gasteiger partial charge < -0.3 is 10.0 Å². The Bertz CT molecular complexity index is 273. The van der Waals surface area contributed by atoms with Crippen molar-refractivity contribution >= 4 is 0 Å². The van der Waals surface area contributed by atoms with E-state index in [1.807, 2.05) is 19.0 Å². The molecular formula is C9H12FNO. The number of nitrogens with zero attached hydrogens (tertiary/aromatic N) is 1. The fourth-order valence-electron chi connectivity index (χ4n) is 1.02. The maximum atomic E-state index is 13.0. The molecule has 12 heavy (non-hydrogen) atoms. The smallest absolute Gasteiger partial charge is 0.127 e. The predicted octanol–water partition coefficient (Wildman–Crippen LogP) is 1.59. The normalized spacial score (nSPS) is 10.7. The molecule has 0 aliphatic carbocycles. The van der Waals surface area contributed by atoms with Crippen LogP contribution in [0.1, 0.15) is 5.56 Å². The lowest BCUT2D eigenvalue weighted by atomic mass is 10.2. The van der Waals surface area contributed by atoms with E-state index in [2.05, 4.69) is 0 Å². The monoisotopic (exact) mass is 169 g/mol. The molecule has 0 unspecified atom stereocenters. The van der Waals surface area contributed by atoms with E-state index in [-0.39, 0.29) is 11.6 Å². The van der Waals surface area contributed by atoms with Crippen LogP contribution in [-0.4, -0.2) is 24.1 Å². The standard InChI is InChI=1S/C9H12FNO/c1-11(2)6-7-5-8(12)3-4-9(7)10/h3-5,12H,6H2,1-2H3. The zero-order chi connectivity index (χ0) is 9.14. The van der Waals surface area contributed by atoms with E-state index in [0.29, 0.717) is 12.1 Å². The molecule has 1 N–H and O–H groups in total. The van der Waals surface area contributed by atoms with Gasteiger partial charge in [0.1, 0.15) is 11.6 Å². The van der Waals surface area contributed by atoms with Gasteiger partial charge in [-0.15, -0.1) is 0 Å². The molecule has 0 amide bonds. The summed E-state index contributed by atoms with van der Waals surface area (Å²) in [5, 5.41) is 9.07. The average molecular weight is 169 g/mol. The Morgan fingerprint density at radius 3 is 2.67 bits per heavy atom. The molecule has 0 heterocycles. The Morgan fingerprint density at radius 2 is 2.08 bits per heavy atom. The van der Waals surface area contributed by atoms with Crippen LogP contribution < -0.4 is 0 Å². The van der Waals surface area contributed by atoms with Crippen molar-refractivity contribution in [3.8, 4) is 5.75 Å². The Hall–Kier alpha value is -1.09. The van der Waals surface area contributed by atoms with Crippen molar-refractivity contribution in [1.29, 1.82) is 0 Å². The van der Waals surface area contributed by atoms with E-state index in [1.165, 1.54) is 18.2 Å². The summed E-state index contributed by atoms with van der Waals surface area (Å²) in [5.74, 6) is -0.172. The first-order chi connectivity index (χ1) is 5.59. The topological polar surface area (TPSA) is 23.5 Å². The molecule has 0 saturated heterocycles. The quantitative estimate of drug-likeness (QED) is 0.726. The van der Waals surface area contributed by atoms with Gasteiger partial charge in [0, 0.05) is 12.1 Å². The summed E-state index contributed by atoms with van der Waals surface area (Å²) < 4.78 is 13.0. The first-order valence-electron chi connectivity index (χ1n) is 3.71. The highest BCUT2D eigenvalue weighted by atomic mass is 19.1. The number of halogens is 1. The van der Waals surface area contributed by atoms with Crippen LogP contribution in [0.2, 0.25) is 0 Å². The van der Waals surface area contributed by atoms with Gasteiger partial charge in [-0.25, -0.2) is 4.39 Å². The fourth-order valence-corrected chi connectivity index (χ4v) is 1.02. The number of phenols is 1. The maximum absolute atomic E-state index is 13.0. The summed E-state index contributed by atoms with van der Waals surface area (Å²) in [5.41, 5.74) is 0.514. The van der Waals surface area contributed by atoms with Gasteiger partial charge in [0.05, 0.1) is 0 Å². The molecule has 1 aromatic rings. The molecular weight excluding hydrogens is 157 g/mol. The molecule has 0 aliphatic rings. The molecule has 0 spiro atoms. The van der Waals surface area contributed by atoms with Gasteiger partial charge >= 0.3 is 0 Å². The van der Waals surface area contributed by atoms with E-state index in [0.717, 1.165) is 0 Å². The largest absolute Gasteiger partial charge is 0.508 e. The van der Waals surface area contributed by atoms with Gasteiger partial charge in [-0.05, 0) is 32.3 Å². The summed E-state index contributed by atoms with van der Waals surface area (Å²) in [6.07, 6.45) is 0. The zero-order valence-corrected chi connectivity index (χ0v) is 7.21. The Balaban J connectivity index is 2.90. The van der Waals surface area contributed by atoms with E-state index >= 15 is 0 Å². The van der Waals surface area contributed by atoms with Gasteiger partial charge in [0.25, 0.3) is 0 Å². The van der Waals surface area contributed by atoms with Crippen LogP contribution in [-0.2, 0) is 6.54 Å². The van der Waals surface area contributed by atoms with Crippen LogP contribution in [0, 0.1) is 5.82 Å². The zero-order valence-electron chi connectivity index (χ0n) is 7.21. The van der Waals surface area contributed by atoms with Gasteiger partial charge in [0.2, 0.25) is 0 Å². The van der Waals surface area contributed by atoms with Crippen molar-refractivity contribution < 1.29 is 9.50 Å². The molecule has 0 aromatic heterocycles. The summed E-state index contributed by atoms with van der Waals surface area (Å²) >= 11 is 0. The second kappa shape index (κ2) is 3.54. The Labute approximate surface area is 71.2 Å². The minimum absolute atomic E-state index is 0.105. The molecule has 2 nitrogen and oxygen atoms in total. The van der Waals surface area contributed by atoms with Crippen LogP contribution in [0.4, 0.5) is 4.39 Å². The molecule has 0 saturated carbocycles. The summed E-state index contributed by atoms with van der Waals surface area (Å²) in [7, 11) is 3.70. The highest BCUT2D eigenvalue weighted by molar-refractivity contribution is 5.28. The van der Waals surface area contributed by atoms with Crippen LogP contribution in [0.3, 0.4) is 0 Å². The minimum Gasteiger partial charge on any atom is -0.508 e. The maximum Gasteiger partial charge on any atom is 0.127 e. The number of aromatic hydroxyl groups is 1. The number of rotatable bonds is 2. The number of hydrogen-bond acceptors (Lipinski definition) is 2. The van der Waals surface area contributed by atoms with Crippen LogP contribution >= 0.6 is 0 Å². The molecule has 0 radical (unpaired) electrons. The van der Waals surface area contributed by atoms with E-state index in [4.69, 9.17) is 5.11 Å². The summed E-state index contributed by atoms with van der Waals surface area (Å²) in [4.78, 5) is 1.85. The molecule has 0 aliphatic heterocycles. The Morgan fingerprint density at radius 1 is 1.42 bits per heavy atom. The van der Waals surface area contributed by atoms with Crippen molar-refractivity contribution in [2.75, 3.05) is 14.1 Å².